The summed E-state index contributed by atoms with van der Waals surface area (Å²) in [6.45, 7) is 9.61. The SMILES string of the molecule is C=C.C[C@@H]1CCCCN1C. The first-order valence-electron chi connectivity index (χ1n) is 4.01. The van der Waals surface area contributed by atoms with Gasteiger partial charge in [0.1, 0.15) is 0 Å². The lowest BCUT2D eigenvalue weighted by molar-refractivity contribution is 0.200. The minimum atomic E-state index is 0.837. The van der Waals surface area contributed by atoms with E-state index >= 15 is 0 Å². The Bertz CT molecular complexity index is 70.8. The van der Waals surface area contributed by atoms with Crippen LogP contribution in [0.25, 0.3) is 0 Å². The number of hydrogen-bond acceptors (Lipinski definition) is 1. The van der Waals surface area contributed by atoms with Crippen molar-refractivity contribution in [1.82, 2.24) is 4.90 Å². The summed E-state index contributed by atoms with van der Waals surface area (Å²) in [4.78, 5) is 2.43. The maximum absolute atomic E-state index is 3.00. The molecule has 0 saturated carbocycles. The largest absolute Gasteiger partial charge is 0.304 e. The van der Waals surface area contributed by atoms with Crippen molar-refractivity contribution in [1.29, 1.82) is 0 Å². The lowest BCUT2D eigenvalue weighted by atomic mass is 10.1. The van der Waals surface area contributed by atoms with Crippen LogP contribution in [0.2, 0.25) is 0 Å². The number of nitrogens with zero attached hydrogens (tertiary/aromatic N) is 1. The average Bonchev–Trinajstić information content (AvgIpc) is 2.00. The molecule has 0 bridgehead atoms. The summed E-state index contributed by atoms with van der Waals surface area (Å²) in [5.41, 5.74) is 0. The van der Waals surface area contributed by atoms with Gasteiger partial charge in [-0.1, -0.05) is 6.42 Å². The summed E-state index contributed by atoms with van der Waals surface area (Å²) >= 11 is 0. The molecule has 60 valence electrons. The van der Waals surface area contributed by atoms with Gasteiger partial charge in [0.05, 0.1) is 0 Å². The van der Waals surface area contributed by atoms with Gasteiger partial charge < -0.3 is 4.90 Å². The van der Waals surface area contributed by atoms with Crippen LogP contribution in [0, 0.1) is 0 Å². The predicted octanol–water partition coefficient (Wildman–Crippen LogP) is 2.29. The Morgan fingerprint density at radius 3 is 2.20 bits per heavy atom. The molecule has 1 saturated heterocycles. The van der Waals surface area contributed by atoms with Gasteiger partial charge in [0, 0.05) is 6.04 Å². The number of piperidine rings is 1. The Morgan fingerprint density at radius 2 is 1.90 bits per heavy atom. The molecule has 1 rings (SSSR count). The molecule has 0 radical (unpaired) electrons. The molecule has 1 heterocycles. The van der Waals surface area contributed by atoms with Crippen LogP contribution in [-0.4, -0.2) is 24.5 Å². The second kappa shape index (κ2) is 5.48. The zero-order valence-corrected chi connectivity index (χ0v) is 7.27. The molecule has 0 aromatic carbocycles. The van der Waals surface area contributed by atoms with Crippen molar-refractivity contribution >= 4 is 0 Å². The van der Waals surface area contributed by atoms with E-state index in [-0.39, 0.29) is 0 Å². The van der Waals surface area contributed by atoms with Gasteiger partial charge in [0.2, 0.25) is 0 Å². The summed E-state index contributed by atoms with van der Waals surface area (Å²) < 4.78 is 0. The highest BCUT2D eigenvalue weighted by Crippen LogP contribution is 2.13. The van der Waals surface area contributed by atoms with Crippen LogP contribution in [0.1, 0.15) is 26.2 Å². The second-order valence-corrected chi connectivity index (χ2v) is 2.83. The van der Waals surface area contributed by atoms with Crippen molar-refractivity contribution in [3.05, 3.63) is 13.2 Å². The number of hydrogen-bond donors (Lipinski definition) is 0. The van der Waals surface area contributed by atoms with E-state index in [1.165, 1.54) is 25.8 Å². The molecule has 1 fully saturated rings. The summed E-state index contributed by atoms with van der Waals surface area (Å²) in [6.07, 6.45) is 4.24. The molecule has 1 nitrogen and oxygen atoms in total. The van der Waals surface area contributed by atoms with Crippen LogP contribution in [0.4, 0.5) is 0 Å². The zero-order valence-electron chi connectivity index (χ0n) is 7.27. The van der Waals surface area contributed by atoms with Gasteiger partial charge in [0.15, 0.2) is 0 Å². The molecule has 0 aromatic heterocycles. The van der Waals surface area contributed by atoms with Gasteiger partial charge in [-0.25, -0.2) is 0 Å². The van der Waals surface area contributed by atoms with Crippen LogP contribution < -0.4 is 0 Å². The maximum atomic E-state index is 3.00. The van der Waals surface area contributed by atoms with Gasteiger partial charge in [-0.2, -0.15) is 0 Å². The molecule has 0 amide bonds. The third kappa shape index (κ3) is 3.02. The fraction of sp³-hybridized carbons (Fsp3) is 0.778. The Kier molecular flexibility index (Phi) is 5.32. The first kappa shape index (κ1) is 9.70. The van der Waals surface area contributed by atoms with Crippen molar-refractivity contribution in [3.63, 3.8) is 0 Å². The molecule has 1 aliphatic heterocycles. The van der Waals surface area contributed by atoms with Crippen molar-refractivity contribution in [3.8, 4) is 0 Å². The highest BCUT2D eigenvalue weighted by atomic mass is 15.1. The van der Waals surface area contributed by atoms with Crippen LogP contribution >= 0.6 is 0 Å². The number of likely N-dealkylation sites (tertiary alicyclic amines) is 1. The lowest BCUT2D eigenvalue weighted by Crippen LogP contribution is -2.33. The van der Waals surface area contributed by atoms with E-state index in [0.717, 1.165) is 6.04 Å². The van der Waals surface area contributed by atoms with E-state index in [9.17, 15) is 0 Å². The molecule has 1 heteroatoms. The Labute approximate surface area is 64.7 Å². The van der Waals surface area contributed by atoms with Gasteiger partial charge in [-0.3, -0.25) is 0 Å². The average molecular weight is 141 g/mol. The minimum Gasteiger partial charge on any atom is -0.304 e. The van der Waals surface area contributed by atoms with E-state index in [1.807, 2.05) is 0 Å². The lowest BCUT2D eigenvalue weighted by Gasteiger charge is -2.29. The van der Waals surface area contributed by atoms with Crippen molar-refractivity contribution < 1.29 is 0 Å². The highest BCUT2D eigenvalue weighted by Gasteiger charge is 2.12. The highest BCUT2D eigenvalue weighted by molar-refractivity contribution is 4.68. The smallest absolute Gasteiger partial charge is 0.00638 e. The van der Waals surface area contributed by atoms with E-state index in [4.69, 9.17) is 0 Å². The van der Waals surface area contributed by atoms with Crippen LogP contribution in [0.3, 0.4) is 0 Å². The molecule has 1 aliphatic rings. The van der Waals surface area contributed by atoms with E-state index in [1.54, 1.807) is 0 Å². The molecule has 0 N–H and O–H groups in total. The quantitative estimate of drug-likeness (QED) is 0.468. The van der Waals surface area contributed by atoms with Gasteiger partial charge in [0.25, 0.3) is 0 Å². The normalized spacial score (nSPS) is 26.8. The standard InChI is InChI=1S/C7H15N.C2H4/c1-7-5-3-4-6-8(7)2;1-2/h7H,3-6H2,1-2H3;1-2H2/t7-;/m1./s1. The molecule has 0 aromatic rings. The third-order valence-corrected chi connectivity index (χ3v) is 2.14. The Balaban J connectivity index is 0.000000371. The maximum Gasteiger partial charge on any atom is 0.00638 e. The van der Waals surface area contributed by atoms with E-state index in [2.05, 4.69) is 32.0 Å². The molecule has 0 unspecified atom stereocenters. The predicted molar refractivity (Wildman–Crippen MR) is 47.2 cm³/mol. The van der Waals surface area contributed by atoms with Gasteiger partial charge >= 0.3 is 0 Å². The zero-order chi connectivity index (χ0) is 7.98. The fourth-order valence-corrected chi connectivity index (χ4v) is 1.24. The number of rotatable bonds is 0. The first-order chi connectivity index (χ1) is 4.80. The third-order valence-electron chi connectivity index (χ3n) is 2.14. The van der Waals surface area contributed by atoms with Gasteiger partial charge in [-0.15, -0.1) is 13.2 Å². The molecule has 10 heavy (non-hydrogen) atoms. The fourth-order valence-electron chi connectivity index (χ4n) is 1.24. The molecular weight excluding hydrogens is 122 g/mol. The molecule has 0 aliphatic carbocycles. The van der Waals surface area contributed by atoms with Crippen molar-refractivity contribution in [2.45, 2.75) is 32.2 Å². The summed E-state index contributed by atoms with van der Waals surface area (Å²) in [6, 6.07) is 0.837. The van der Waals surface area contributed by atoms with E-state index in [0.29, 0.717) is 0 Å². The first-order valence-corrected chi connectivity index (χ1v) is 4.01. The van der Waals surface area contributed by atoms with E-state index < -0.39 is 0 Å². The second-order valence-electron chi connectivity index (χ2n) is 2.83. The summed E-state index contributed by atoms with van der Waals surface area (Å²) in [7, 11) is 2.21. The molecule has 1 atom stereocenters. The van der Waals surface area contributed by atoms with Crippen LogP contribution in [0.5, 0.6) is 0 Å². The molecule has 0 spiro atoms. The Morgan fingerprint density at radius 1 is 1.30 bits per heavy atom. The minimum absolute atomic E-state index is 0.837. The summed E-state index contributed by atoms with van der Waals surface area (Å²) in [5, 5.41) is 0. The van der Waals surface area contributed by atoms with Gasteiger partial charge in [-0.05, 0) is 33.4 Å². The Hall–Kier alpha value is -0.300. The molecular formula is C9H19N. The van der Waals surface area contributed by atoms with Crippen LogP contribution in [-0.2, 0) is 0 Å². The summed E-state index contributed by atoms with van der Waals surface area (Å²) in [5.74, 6) is 0. The van der Waals surface area contributed by atoms with Crippen molar-refractivity contribution in [2.75, 3.05) is 13.6 Å². The van der Waals surface area contributed by atoms with Crippen LogP contribution in [0.15, 0.2) is 13.2 Å². The topological polar surface area (TPSA) is 3.24 Å². The van der Waals surface area contributed by atoms with Crippen molar-refractivity contribution in [2.24, 2.45) is 0 Å². The monoisotopic (exact) mass is 141 g/mol.